The third-order valence-electron chi connectivity index (χ3n) is 5.15. The van der Waals surface area contributed by atoms with Gasteiger partial charge in [0.15, 0.2) is 0 Å². The number of hydrogen-bond acceptors (Lipinski definition) is 4. The average molecular weight is 412 g/mol. The lowest BCUT2D eigenvalue weighted by atomic mass is 10.2. The highest BCUT2D eigenvalue weighted by Crippen LogP contribution is 2.22. The molecule has 0 bridgehead atoms. The van der Waals surface area contributed by atoms with Gasteiger partial charge in [0, 0.05) is 36.9 Å². The number of nitrogens with zero attached hydrogens (tertiary/aromatic N) is 1. The fraction of sp³-hybridized carbons (Fsp3) is 0.318. The SMILES string of the molecule is O=C(/C=C/c1ccc(S(=O)(=O)NC2CC2)cc1)N1CCC(Nc2ccccc2)C1. The highest BCUT2D eigenvalue weighted by Gasteiger charge is 2.28. The van der Waals surface area contributed by atoms with Crippen molar-refractivity contribution in [2.24, 2.45) is 0 Å². The Bertz CT molecular complexity index is 984. The summed E-state index contributed by atoms with van der Waals surface area (Å²) in [6.45, 7) is 1.39. The van der Waals surface area contributed by atoms with Gasteiger partial charge in [-0.15, -0.1) is 0 Å². The topological polar surface area (TPSA) is 78.5 Å². The summed E-state index contributed by atoms with van der Waals surface area (Å²) in [5.74, 6) is -0.0329. The summed E-state index contributed by atoms with van der Waals surface area (Å²) in [6.07, 6.45) is 6.00. The summed E-state index contributed by atoms with van der Waals surface area (Å²) in [5.41, 5.74) is 1.86. The maximum atomic E-state index is 12.5. The lowest BCUT2D eigenvalue weighted by Crippen LogP contribution is -2.30. The molecule has 1 aliphatic heterocycles. The second-order valence-electron chi connectivity index (χ2n) is 7.58. The van der Waals surface area contributed by atoms with Gasteiger partial charge in [-0.05, 0) is 55.2 Å². The van der Waals surface area contributed by atoms with E-state index in [1.165, 1.54) is 0 Å². The minimum atomic E-state index is -3.45. The normalized spacial score (nSPS) is 19.6. The van der Waals surface area contributed by atoms with E-state index in [-0.39, 0.29) is 22.9 Å². The van der Waals surface area contributed by atoms with Gasteiger partial charge in [0.25, 0.3) is 0 Å². The molecule has 1 aliphatic carbocycles. The quantitative estimate of drug-likeness (QED) is 0.687. The zero-order valence-corrected chi connectivity index (χ0v) is 16.9. The van der Waals surface area contributed by atoms with E-state index in [1.54, 1.807) is 36.4 Å². The zero-order chi connectivity index (χ0) is 20.3. The van der Waals surface area contributed by atoms with E-state index in [0.29, 0.717) is 6.54 Å². The van der Waals surface area contributed by atoms with Crippen LogP contribution < -0.4 is 10.0 Å². The molecule has 1 amide bonds. The molecule has 0 spiro atoms. The molecule has 1 atom stereocenters. The first-order valence-electron chi connectivity index (χ1n) is 9.90. The molecule has 29 heavy (non-hydrogen) atoms. The predicted molar refractivity (Wildman–Crippen MR) is 114 cm³/mol. The van der Waals surface area contributed by atoms with Crippen molar-refractivity contribution in [3.8, 4) is 0 Å². The Labute approximate surface area is 171 Å². The highest BCUT2D eigenvalue weighted by molar-refractivity contribution is 7.89. The first kappa shape index (κ1) is 19.7. The number of hydrogen-bond donors (Lipinski definition) is 2. The van der Waals surface area contributed by atoms with Crippen LogP contribution in [0, 0.1) is 0 Å². The van der Waals surface area contributed by atoms with Crippen molar-refractivity contribution in [2.45, 2.75) is 36.2 Å². The Hall–Kier alpha value is -2.64. The number of rotatable bonds is 7. The van der Waals surface area contributed by atoms with E-state index < -0.39 is 10.0 Å². The second kappa shape index (κ2) is 8.39. The molecule has 2 N–H and O–H groups in total. The number of para-hydroxylation sites is 1. The number of carbonyl (C=O) groups is 1. The summed E-state index contributed by atoms with van der Waals surface area (Å²) < 4.78 is 27.1. The van der Waals surface area contributed by atoms with Crippen molar-refractivity contribution < 1.29 is 13.2 Å². The fourth-order valence-corrected chi connectivity index (χ4v) is 4.67. The van der Waals surface area contributed by atoms with Crippen molar-refractivity contribution in [3.63, 3.8) is 0 Å². The van der Waals surface area contributed by atoms with Gasteiger partial charge in [0.1, 0.15) is 0 Å². The number of nitrogens with one attached hydrogen (secondary N) is 2. The lowest BCUT2D eigenvalue weighted by molar-refractivity contribution is -0.124. The van der Waals surface area contributed by atoms with E-state index >= 15 is 0 Å². The number of anilines is 1. The number of amides is 1. The van der Waals surface area contributed by atoms with Crippen LogP contribution in [0.5, 0.6) is 0 Å². The number of benzene rings is 2. The summed E-state index contributed by atoms with van der Waals surface area (Å²) in [4.78, 5) is 14.6. The van der Waals surface area contributed by atoms with Crippen LogP contribution in [0.3, 0.4) is 0 Å². The molecule has 2 aromatic carbocycles. The van der Waals surface area contributed by atoms with Gasteiger partial charge in [0.05, 0.1) is 4.90 Å². The van der Waals surface area contributed by atoms with Crippen molar-refractivity contribution in [1.29, 1.82) is 0 Å². The van der Waals surface area contributed by atoms with Crippen molar-refractivity contribution >= 4 is 27.7 Å². The van der Waals surface area contributed by atoms with Gasteiger partial charge in [-0.3, -0.25) is 4.79 Å². The van der Waals surface area contributed by atoms with Crippen LogP contribution in [0.4, 0.5) is 5.69 Å². The Morgan fingerprint density at radius 2 is 1.69 bits per heavy atom. The predicted octanol–water partition coefficient (Wildman–Crippen LogP) is 2.85. The van der Waals surface area contributed by atoms with Gasteiger partial charge >= 0.3 is 0 Å². The zero-order valence-electron chi connectivity index (χ0n) is 16.1. The number of sulfonamides is 1. The first-order chi connectivity index (χ1) is 14.0. The van der Waals surface area contributed by atoms with Crippen molar-refractivity contribution in [3.05, 3.63) is 66.2 Å². The molecule has 1 unspecified atom stereocenters. The maximum absolute atomic E-state index is 12.5. The van der Waals surface area contributed by atoms with Gasteiger partial charge < -0.3 is 10.2 Å². The van der Waals surface area contributed by atoms with Gasteiger partial charge in [0.2, 0.25) is 15.9 Å². The van der Waals surface area contributed by atoms with Crippen LogP contribution in [0.15, 0.2) is 65.6 Å². The smallest absolute Gasteiger partial charge is 0.246 e. The summed E-state index contributed by atoms with van der Waals surface area (Å²) in [7, 11) is -3.45. The molecular formula is C22H25N3O3S. The molecule has 2 fully saturated rings. The summed E-state index contributed by atoms with van der Waals surface area (Å²) in [5, 5.41) is 3.46. The highest BCUT2D eigenvalue weighted by atomic mass is 32.2. The molecule has 6 nitrogen and oxygen atoms in total. The summed E-state index contributed by atoms with van der Waals surface area (Å²) in [6, 6.07) is 16.9. The van der Waals surface area contributed by atoms with Crippen LogP contribution in [0.1, 0.15) is 24.8 Å². The molecule has 2 aliphatic rings. The van der Waals surface area contributed by atoms with Crippen LogP contribution in [0.25, 0.3) is 6.08 Å². The molecule has 152 valence electrons. The van der Waals surface area contributed by atoms with Crippen LogP contribution in [-0.4, -0.2) is 44.4 Å². The molecule has 1 heterocycles. The fourth-order valence-electron chi connectivity index (χ4n) is 3.37. The van der Waals surface area contributed by atoms with E-state index in [1.807, 2.05) is 35.2 Å². The monoisotopic (exact) mass is 411 g/mol. The van der Waals surface area contributed by atoms with E-state index in [0.717, 1.165) is 37.1 Å². The Morgan fingerprint density at radius 3 is 2.38 bits per heavy atom. The lowest BCUT2D eigenvalue weighted by Gasteiger charge is -2.16. The summed E-state index contributed by atoms with van der Waals surface area (Å²) >= 11 is 0. The van der Waals surface area contributed by atoms with Crippen LogP contribution >= 0.6 is 0 Å². The molecular weight excluding hydrogens is 386 g/mol. The Balaban J connectivity index is 1.31. The third-order valence-corrected chi connectivity index (χ3v) is 6.69. The largest absolute Gasteiger partial charge is 0.380 e. The second-order valence-corrected chi connectivity index (χ2v) is 9.29. The molecule has 1 saturated carbocycles. The van der Waals surface area contributed by atoms with E-state index in [9.17, 15) is 13.2 Å². The van der Waals surface area contributed by atoms with Gasteiger partial charge in [-0.25, -0.2) is 13.1 Å². The Morgan fingerprint density at radius 1 is 0.966 bits per heavy atom. The minimum absolute atomic E-state index is 0.0329. The molecule has 1 saturated heterocycles. The molecule has 7 heteroatoms. The van der Waals surface area contributed by atoms with Crippen LogP contribution in [0.2, 0.25) is 0 Å². The van der Waals surface area contributed by atoms with Crippen molar-refractivity contribution in [1.82, 2.24) is 9.62 Å². The van der Waals surface area contributed by atoms with Crippen LogP contribution in [-0.2, 0) is 14.8 Å². The first-order valence-corrected chi connectivity index (χ1v) is 11.4. The molecule has 2 aromatic rings. The minimum Gasteiger partial charge on any atom is -0.380 e. The Kier molecular flexibility index (Phi) is 5.69. The maximum Gasteiger partial charge on any atom is 0.246 e. The number of likely N-dealkylation sites (tertiary alicyclic amines) is 1. The average Bonchev–Trinajstić information content (AvgIpc) is 3.40. The van der Waals surface area contributed by atoms with E-state index in [4.69, 9.17) is 0 Å². The molecule has 0 radical (unpaired) electrons. The van der Waals surface area contributed by atoms with Crippen molar-refractivity contribution in [2.75, 3.05) is 18.4 Å². The molecule has 4 rings (SSSR count). The van der Waals surface area contributed by atoms with Gasteiger partial charge in [-0.1, -0.05) is 30.3 Å². The third kappa shape index (κ3) is 5.25. The standard InChI is InChI=1S/C22H25N3O3S/c26-22(25-15-14-20(16-25)23-18-4-2-1-3-5-18)13-8-17-6-11-21(12-7-17)29(27,28)24-19-9-10-19/h1-8,11-13,19-20,23-24H,9-10,14-16H2/b13-8+. The van der Waals surface area contributed by atoms with Gasteiger partial charge in [-0.2, -0.15) is 0 Å². The molecule has 0 aromatic heterocycles. The van der Waals surface area contributed by atoms with E-state index in [2.05, 4.69) is 10.0 Å². The number of carbonyl (C=O) groups excluding carboxylic acids is 1.